The number of para-hydroxylation sites is 1. The fourth-order valence-electron chi connectivity index (χ4n) is 1.88. The van der Waals surface area contributed by atoms with E-state index in [-0.39, 0.29) is 5.75 Å². The van der Waals surface area contributed by atoms with Gasteiger partial charge in [-0.15, -0.1) is 0 Å². The number of hydrogen-bond donors (Lipinski definition) is 3. The van der Waals surface area contributed by atoms with E-state index in [4.69, 9.17) is 9.47 Å². The van der Waals surface area contributed by atoms with E-state index in [1.165, 1.54) is 0 Å². The van der Waals surface area contributed by atoms with Crippen LogP contribution in [0.2, 0.25) is 0 Å². The Kier molecular flexibility index (Phi) is 3.84. The number of aromatic nitrogens is 2. The largest absolute Gasteiger partial charge is 0.492 e. The van der Waals surface area contributed by atoms with Crippen LogP contribution in [0.1, 0.15) is 0 Å². The van der Waals surface area contributed by atoms with Crippen molar-refractivity contribution in [1.82, 2.24) is 9.97 Å². The molecular formula is C16H12N2O5. The van der Waals surface area contributed by atoms with Crippen LogP contribution in [0, 0.1) is 0 Å². The molecular weight excluding hydrogens is 300 g/mol. The van der Waals surface area contributed by atoms with E-state index < -0.39 is 17.1 Å². The van der Waals surface area contributed by atoms with E-state index in [9.17, 15) is 14.7 Å². The number of rotatable bonds is 4. The lowest BCUT2D eigenvalue weighted by Crippen LogP contribution is -2.22. The monoisotopic (exact) mass is 312 g/mol. The number of benzene rings is 2. The van der Waals surface area contributed by atoms with Gasteiger partial charge in [-0.25, -0.2) is 4.79 Å². The van der Waals surface area contributed by atoms with Gasteiger partial charge in [0, 0.05) is 0 Å². The van der Waals surface area contributed by atoms with Crippen molar-refractivity contribution in [3.05, 3.63) is 75.4 Å². The molecule has 1 aromatic heterocycles. The smallest absolute Gasteiger partial charge is 0.328 e. The van der Waals surface area contributed by atoms with Crippen LogP contribution in [0.4, 0.5) is 0 Å². The minimum absolute atomic E-state index is 0.304. The highest BCUT2D eigenvalue weighted by Gasteiger charge is 2.11. The van der Waals surface area contributed by atoms with Gasteiger partial charge in [0.15, 0.2) is 0 Å². The second kappa shape index (κ2) is 6.10. The van der Waals surface area contributed by atoms with Gasteiger partial charge in [-0.3, -0.25) is 14.8 Å². The number of nitrogens with one attached hydrogen (secondary N) is 2. The molecule has 0 spiro atoms. The van der Waals surface area contributed by atoms with Crippen molar-refractivity contribution < 1.29 is 14.6 Å². The summed E-state index contributed by atoms with van der Waals surface area (Å²) < 4.78 is 10.9. The molecule has 23 heavy (non-hydrogen) atoms. The van der Waals surface area contributed by atoms with Gasteiger partial charge in [-0.2, -0.15) is 0 Å². The summed E-state index contributed by atoms with van der Waals surface area (Å²) in [6.07, 6.45) is 0. The molecule has 7 nitrogen and oxygen atoms in total. The zero-order valence-electron chi connectivity index (χ0n) is 11.8. The lowest BCUT2D eigenvalue weighted by atomic mass is 10.3. The molecule has 0 aliphatic rings. The van der Waals surface area contributed by atoms with Gasteiger partial charge >= 0.3 is 11.2 Å². The zero-order valence-corrected chi connectivity index (χ0v) is 11.8. The van der Waals surface area contributed by atoms with E-state index in [1.54, 1.807) is 24.3 Å². The molecule has 0 bridgehead atoms. The summed E-state index contributed by atoms with van der Waals surface area (Å²) in [5, 5.41) is 9.56. The van der Waals surface area contributed by atoms with Crippen molar-refractivity contribution in [3.8, 4) is 28.9 Å². The molecule has 0 atom stereocenters. The molecule has 0 fully saturated rings. The third-order valence-electron chi connectivity index (χ3n) is 2.90. The van der Waals surface area contributed by atoms with Gasteiger partial charge in [0.1, 0.15) is 17.2 Å². The highest BCUT2D eigenvalue weighted by atomic mass is 16.5. The lowest BCUT2D eigenvalue weighted by molar-refractivity contribution is 0.387. The molecule has 0 amide bonds. The van der Waals surface area contributed by atoms with Crippen LogP contribution in [-0.2, 0) is 0 Å². The molecule has 0 aliphatic heterocycles. The number of hydrogen-bond acceptors (Lipinski definition) is 5. The van der Waals surface area contributed by atoms with Gasteiger partial charge in [-0.1, -0.05) is 18.2 Å². The second-order valence-corrected chi connectivity index (χ2v) is 4.57. The zero-order chi connectivity index (χ0) is 16.2. The predicted molar refractivity (Wildman–Crippen MR) is 82.4 cm³/mol. The van der Waals surface area contributed by atoms with Crippen LogP contribution in [0.3, 0.4) is 0 Å². The fraction of sp³-hybridized carbons (Fsp3) is 0. The Hall–Kier alpha value is -3.48. The van der Waals surface area contributed by atoms with E-state index >= 15 is 0 Å². The molecule has 3 N–H and O–H groups in total. The molecule has 0 aliphatic carbocycles. The summed E-state index contributed by atoms with van der Waals surface area (Å²) in [4.78, 5) is 26.6. The molecule has 3 rings (SSSR count). The van der Waals surface area contributed by atoms with Crippen LogP contribution >= 0.6 is 0 Å². The molecule has 0 unspecified atom stereocenters. The van der Waals surface area contributed by atoms with Gasteiger partial charge < -0.3 is 14.6 Å². The summed E-state index contributed by atoms with van der Waals surface area (Å²) in [7, 11) is 0. The van der Waals surface area contributed by atoms with Gasteiger partial charge in [0.25, 0.3) is 5.75 Å². The van der Waals surface area contributed by atoms with Crippen LogP contribution in [0.15, 0.2) is 64.2 Å². The van der Waals surface area contributed by atoms with Crippen LogP contribution < -0.4 is 20.7 Å². The Labute approximate surface area is 129 Å². The molecule has 116 valence electrons. The first-order valence-corrected chi connectivity index (χ1v) is 6.68. The molecule has 0 saturated carbocycles. The number of aromatic amines is 2. The minimum atomic E-state index is -0.823. The minimum Gasteiger partial charge on any atom is -0.492 e. The predicted octanol–water partition coefficient (Wildman–Crippen LogP) is 2.35. The van der Waals surface area contributed by atoms with Crippen molar-refractivity contribution in [3.63, 3.8) is 0 Å². The van der Waals surface area contributed by atoms with Crippen molar-refractivity contribution >= 4 is 0 Å². The molecule has 3 aromatic rings. The third-order valence-corrected chi connectivity index (χ3v) is 2.90. The van der Waals surface area contributed by atoms with E-state index in [0.717, 1.165) is 0 Å². The first-order chi connectivity index (χ1) is 11.1. The van der Waals surface area contributed by atoms with E-state index in [0.29, 0.717) is 17.2 Å². The average molecular weight is 312 g/mol. The summed E-state index contributed by atoms with van der Waals surface area (Å²) >= 11 is 0. The fourth-order valence-corrected chi connectivity index (χ4v) is 1.88. The molecule has 0 radical (unpaired) electrons. The summed E-state index contributed by atoms with van der Waals surface area (Å²) in [5.41, 5.74) is -1.64. The van der Waals surface area contributed by atoms with Crippen LogP contribution in [-0.4, -0.2) is 15.1 Å². The van der Waals surface area contributed by atoms with Crippen LogP contribution in [0.5, 0.6) is 28.9 Å². The van der Waals surface area contributed by atoms with Gasteiger partial charge in [0.05, 0.1) is 0 Å². The molecule has 2 aromatic carbocycles. The summed E-state index contributed by atoms with van der Waals surface area (Å²) in [5.74, 6) is 0.557. The normalized spacial score (nSPS) is 10.3. The Balaban J connectivity index is 1.78. The number of H-pyrrole nitrogens is 2. The first kappa shape index (κ1) is 14.5. The Bertz CT molecular complexity index is 914. The standard InChI is InChI=1S/C16H12N2O5/c19-14-13(15(20)18-16(21)17-14)23-12-8-6-11(7-9-12)22-10-4-2-1-3-5-10/h1-9H,(H3,17,18,19,20,21). The maximum Gasteiger partial charge on any atom is 0.328 e. The topological polar surface area (TPSA) is 104 Å². The maximum atomic E-state index is 11.6. The van der Waals surface area contributed by atoms with Crippen molar-refractivity contribution in [2.75, 3.05) is 0 Å². The summed E-state index contributed by atoms with van der Waals surface area (Å²) in [6, 6.07) is 15.7. The average Bonchev–Trinajstić information content (AvgIpc) is 2.53. The third kappa shape index (κ3) is 3.41. The van der Waals surface area contributed by atoms with Crippen molar-refractivity contribution in [1.29, 1.82) is 0 Å². The highest BCUT2D eigenvalue weighted by Crippen LogP contribution is 2.27. The molecule has 1 heterocycles. The quantitative estimate of drug-likeness (QED) is 0.686. The Morgan fingerprint density at radius 1 is 0.739 bits per heavy atom. The SMILES string of the molecule is O=c1[nH]c(O)c(Oc2ccc(Oc3ccccc3)cc2)c(=O)[nH]1. The van der Waals surface area contributed by atoms with E-state index in [1.807, 2.05) is 40.3 Å². The number of ether oxygens (including phenoxy) is 2. The van der Waals surface area contributed by atoms with E-state index in [2.05, 4.69) is 0 Å². The highest BCUT2D eigenvalue weighted by molar-refractivity contribution is 5.39. The summed E-state index contributed by atoms with van der Waals surface area (Å²) in [6.45, 7) is 0. The Morgan fingerprint density at radius 2 is 1.30 bits per heavy atom. The lowest BCUT2D eigenvalue weighted by Gasteiger charge is -2.08. The molecule has 0 saturated heterocycles. The second-order valence-electron chi connectivity index (χ2n) is 4.57. The number of aromatic hydroxyl groups is 1. The Morgan fingerprint density at radius 3 is 1.91 bits per heavy atom. The van der Waals surface area contributed by atoms with Crippen molar-refractivity contribution in [2.24, 2.45) is 0 Å². The van der Waals surface area contributed by atoms with Crippen LogP contribution in [0.25, 0.3) is 0 Å². The van der Waals surface area contributed by atoms with Gasteiger partial charge in [0.2, 0.25) is 5.88 Å². The van der Waals surface area contributed by atoms with Crippen molar-refractivity contribution in [2.45, 2.75) is 0 Å². The van der Waals surface area contributed by atoms with Gasteiger partial charge in [-0.05, 0) is 36.4 Å². The first-order valence-electron chi connectivity index (χ1n) is 6.68. The molecule has 7 heteroatoms. The maximum absolute atomic E-state index is 11.6.